The molecule has 1 heterocycles. The van der Waals surface area contributed by atoms with Crippen molar-refractivity contribution >= 4 is 21.5 Å². The van der Waals surface area contributed by atoms with Crippen molar-refractivity contribution in [2.75, 3.05) is 10.5 Å². The molecule has 0 saturated heterocycles. The maximum atomic E-state index is 12.3. The van der Waals surface area contributed by atoms with Crippen LogP contribution in [0.2, 0.25) is 0 Å². The van der Waals surface area contributed by atoms with Gasteiger partial charge in [-0.3, -0.25) is 9.82 Å². The van der Waals surface area contributed by atoms with Crippen molar-refractivity contribution in [1.29, 1.82) is 0 Å². The van der Waals surface area contributed by atoms with Gasteiger partial charge in [0.2, 0.25) is 0 Å². The highest BCUT2D eigenvalue weighted by molar-refractivity contribution is 7.92. The Morgan fingerprint density at radius 2 is 2.15 bits per heavy atom. The molecule has 0 bridgehead atoms. The first-order chi connectivity index (χ1) is 9.44. The van der Waals surface area contributed by atoms with Crippen LogP contribution in [0.4, 0.5) is 11.5 Å². The minimum absolute atomic E-state index is 0.164. The summed E-state index contributed by atoms with van der Waals surface area (Å²) < 4.78 is 27.1. The van der Waals surface area contributed by atoms with Crippen molar-refractivity contribution in [3.05, 3.63) is 35.5 Å². The molecule has 7 heteroatoms. The largest absolute Gasteiger partial charge is 0.398 e. The third-order valence-corrected chi connectivity index (χ3v) is 4.50. The lowest BCUT2D eigenvalue weighted by Crippen LogP contribution is -2.15. The number of aryl methyl sites for hydroxylation is 1. The Hall–Kier alpha value is -2.02. The number of anilines is 2. The molecule has 0 saturated carbocycles. The summed E-state index contributed by atoms with van der Waals surface area (Å²) in [6.07, 6.45) is 1.79. The van der Waals surface area contributed by atoms with Crippen LogP contribution in [0.15, 0.2) is 29.2 Å². The first-order valence-corrected chi connectivity index (χ1v) is 7.84. The van der Waals surface area contributed by atoms with Crippen LogP contribution >= 0.6 is 0 Å². The van der Waals surface area contributed by atoms with E-state index >= 15 is 0 Å². The van der Waals surface area contributed by atoms with Gasteiger partial charge in [0.15, 0.2) is 5.82 Å². The van der Waals surface area contributed by atoms with Crippen molar-refractivity contribution in [3.8, 4) is 0 Å². The number of hydrogen-bond donors (Lipinski definition) is 3. The number of nitrogens with zero attached hydrogens (tertiary/aromatic N) is 1. The number of aromatic amines is 1. The zero-order valence-corrected chi connectivity index (χ0v) is 12.3. The molecular formula is C13H18N4O2S. The number of benzene rings is 1. The lowest BCUT2D eigenvalue weighted by atomic mass is 10.2. The predicted octanol–water partition coefficient (Wildman–Crippen LogP) is 2.05. The van der Waals surface area contributed by atoms with E-state index in [0.29, 0.717) is 11.3 Å². The van der Waals surface area contributed by atoms with Crippen LogP contribution in [0.1, 0.15) is 24.6 Å². The molecule has 6 nitrogen and oxygen atoms in total. The second-order valence-corrected chi connectivity index (χ2v) is 6.26. The number of nitrogens with one attached hydrogen (secondary N) is 2. The number of sulfonamides is 1. The molecule has 0 radical (unpaired) electrons. The average Bonchev–Trinajstić information content (AvgIpc) is 2.79. The standard InChI is InChI=1S/C13H18N4O2S/c1-3-5-10-8-13(16-15-10)17-20(18,19)12-7-4-6-11(14)9(12)2/h4,6-8H,3,5,14H2,1-2H3,(H2,15,16,17). The first kappa shape index (κ1) is 14.4. The molecule has 108 valence electrons. The Kier molecular flexibility index (Phi) is 3.99. The Balaban J connectivity index is 2.28. The van der Waals surface area contributed by atoms with Gasteiger partial charge < -0.3 is 5.73 Å². The molecule has 0 aliphatic heterocycles. The quantitative estimate of drug-likeness (QED) is 0.735. The number of nitrogens with two attached hydrogens (primary N) is 1. The fraction of sp³-hybridized carbons (Fsp3) is 0.308. The summed E-state index contributed by atoms with van der Waals surface area (Å²) in [4.78, 5) is 0.164. The van der Waals surface area contributed by atoms with Crippen molar-refractivity contribution < 1.29 is 8.42 Å². The summed E-state index contributed by atoms with van der Waals surface area (Å²) in [7, 11) is -3.68. The lowest BCUT2D eigenvalue weighted by molar-refractivity contribution is 0.600. The molecule has 1 aromatic heterocycles. The number of rotatable bonds is 5. The zero-order chi connectivity index (χ0) is 14.8. The molecule has 0 unspecified atom stereocenters. The smallest absolute Gasteiger partial charge is 0.263 e. The molecule has 20 heavy (non-hydrogen) atoms. The second kappa shape index (κ2) is 5.54. The SMILES string of the molecule is CCCc1cc(NS(=O)(=O)c2cccc(N)c2C)n[nH]1. The Bertz CT molecular complexity index is 707. The zero-order valence-electron chi connectivity index (χ0n) is 11.5. The number of nitrogen functional groups attached to an aromatic ring is 1. The molecule has 4 N–H and O–H groups in total. The van der Waals surface area contributed by atoms with Crippen LogP contribution in [0.25, 0.3) is 0 Å². The molecule has 0 amide bonds. The van der Waals surface area contributed by atoms with Gasteiger partial charge in [0.05, 0.1) is 4.90 Å². The fourth-order valence-electron chi connectivity index (χ4n) is 1.93. The molecule has 2 aromatic rings. The highest BCUT2D eigenvalue weighted by Gasteiger charge is 2.19. The molecule has 0 aliphatic rings. The number of H-pyrrole nitrogens is 1. The van der Waals surface area contributed by atoms with Crippen LogP contribution in [0.3, 0.4) is 0 Å². The summed E-state index contributed by atoms with van der Waals surface area (Å²) >= 11 is 0. The normalized spacial score (nSPS) is 11.5. The summed E-state index contributed by atoms with van der Waals surface area (Å²) in [6.45, 7) is 3.72. The maximum Gasteiger partial charge on any atom is 0.263 e. The van der Waals surface area contributed by atoms with Gasteiger partial charge in [0.25, 0.3) is 10.0 Å². The topological polar surface area (TPSA) is 101 Å². The van der Waals surface area contributed by atoms with Gasteiger partial charge >= 0.3 is 0 Å². The van der Waals surface area contributed by atoms with Crippen LogP contribution in [0.5, 0.6) is 0 Å². The van der Waals surface area contributed by atoms with Crippen LogP contribution in [-0.2, 0) is 16.4 Å². The van der Waals surface area contributed by atoms with Gasteiger partial charge in [0, 0.05) is 17.4 Å². The molecule has 1 aromatic carbocycles. The van der Waals surface area contributed by atoms with Crippen molar-refractivity contribution in [1.82, 2.24) is 10.2 Å². The van der Waals surface area contributed by atoms with E-state index in [4.69, 9.17) is 5.73 Å². The van der Waals surface area contributed by atoms with Gasteiger partial charge in [-0.1, -0.05) is 19.4 Å². The Labute approximate surface area is 118 Å². The molecule has 2 rings (SSSR count). The van der Waals surface area contributed by atoms with Gasteiger partial charge in [-0.2, -0.15) is 5.10 Å². The van der Waals surface area contributed by atoms with Gasteiger partial charge in [-0.05, 0) is 31.0 Å². The second-order valence-electron chi connectivity index (χ2n) is 4.60. The predicted molar refractivity (Wildman–Crippen MR) is 79.0 cm³/mol. The van der Waals surface area contributed by atoms with E-state index in [9.17, 15) is 8.42 Å². The molecule has 0 aliphatic carbocycles. The Morgan fingerprint density at radius 3 is 2.85 bits per heavy atom. The van der Waals surface area contributed by atoms with E-state index < -0.39 is 10.0 Å². The third kappa shape index (κ3) is 2.93. The summed E-state index contributed by atoms with van der Waals surface area (Å²) in [6, 6.07) is 6.50. The van der Waals surface area contributed by atoms with E-state index in [1.54, 1.807) is 25.1 Å². The van der Waals surface area contributed by atoms with E-state index in [1.165, 1.54) is 6.07 Å². The van der Waals surface area contributed by atoms with Gasteiger partial charge in [-0.25, -0.2) is 8.42 Å². The van der Waals surface area contributed by atoms with E-state index in [0.717, 1.165) is 18.5 Å². The summed E-state index contributed by atoms with van der Waals surface area (Å²) in [5.41, 5.74) is 7.62. The molecular weight excluding hydrogens is 276 g/mol. The first-order valence-electron chi connectivity index (χ1n) is 6.36. The van der Waals surface area contributed by atoms with Crippen LogP contribution in [0, 0.1) is 6.92 Å². The number of hydrogen-bond acceptors (Lipinski definition) is 4. The summed E-state index contributed by atoms with van der Waals surface area (Å²) in [5.74, 6) is 0.287. The van der Waals surface area contributed by atoms with Gasteiger partial charge in [-0.15, -0.1) is 0 Å². The van der Waals surface area contributed by atoms with Crippen molar-refractivity contribution in [2.45, 2.75) is 31.6 Å². The van der Waals surface area contributed by atoms with E-state index in [-0.39, 0.29) is 10.7 Å². The molecule has 0 spiro atoms. The third-order valence-electron chi connectivity index (χ3n) is 3.00. The lowest BCUT2D eigenvalue weighted by Gasteiger charge is -2.09. The molecule has 0 fully saturated rings. The number of aromatic nitrogens is 2. The van der Waals surface area contributed by atoms with E-state index in [1.807, 2.05) is 6.92 Å². The van der Waals surface area contributed by atoms with E-state index in [2.05, 4.69) is 14.9 Å². The fourth-order valence-corrected chi connectivity index (χ4v) is 3.20. The average molecular weight is 294 g/mol. The van der Waals surface area contributed by atoms with Gasteiger partial charge in [0.1, 0.15) is 0 Å². The minimum atomic E-state index is -3.68. The summed E-state index contributed by atoms with van der Waals surface area (Å²) in [5, 5.41) is 6.76. The van der Waals surface area contributed by atoms with Crippen molar-refractivity contribution in [3.63, 3.8) is 0 Å². The minimum Gasteiger partial charge on any atom is -0.398 e. The highest BCUT2D eigenvalue weighted by atomic mass is 32.2. The maximum absolute atomic E-state index is 12.3. The van der Waals surface area contributed by atoms with Crippen LogP contribution < -0.4 is 10.5 Å². The highest BCUT2D eigenvalue weighted by Crippen LogP contribution is 2.22. The van der Waals surface area contributed by atoms with Crippen LogP contribution in [-0.4, -0.2) is 18.6 Å². The van der Waals surface area contributed by atoms with Crippen molar-refractivity contribution in [2.24, 2.45) is 0 Å². The molecule has 0 atom stereocenters. The Morgan fingerprint density at radius 1 is 1.40 bits per heavy atom. The monoisotopic (exact) mass is 294 g/mol.